The van der Waals surface area contributed by atoms with E-state index >= 15 is 0 Å². The Labute approximate surface area is 160 Å². The molecule has 0 radical (unpaired) electrons. The average Bonchev–Trinajstić information content (AvgIpc) is 3.13. The lowest BCUT2D eigenvalue weighted by atomic mass is 9.96. The van der Waals surface area contributed by atoms with Gasteiger partial charge in [-0.3, -0.25) is 14.5 Å². The molecular weight excluding hydrogens is 346 g/mol. The number of likely N-dealkylation sites (tertiary alicyclic amines) is 1. The van der Waals surface area contributed by atoms with Crippen molar-refractivity contribution in [3.05, 3.63) is 21.9 Å². The summed E-state index contributed by atoms with van der Waals surface area (Å²) < 4.78 is 0. The summed E-state index contributed by atoms with van der Waals surface area (Å²) in [5, 5.41) is 5.19. The van der Waals surface area contributed by atoms with Gasteiger partial charge in [-0.25, -0.2) is 0 Å². The monoisotopic (exact) mass is 377 g/mol. The lowest BCUT2D eigenvalue weighted by Crippen LogP contribution is -2.46. The number of piperidine rings is 1. The molecule has 0 atom stereocenters. The first-order chi connectivity index (χ1) is 12.7. The Kier molecular flexibility index (Phi) is 7.08. The Morgan fingerprint density at radius 3 is 2.81 bits per heavy atom. The van der Waals surface area contributed by atoms with Gasteiger partial charge in [0.2, 0.25) is 11.8 Å². The molecule has 5 nitrogen and oxygen atoms in total. The van der Waals surface area contributed by atoms with E-state index in [9.17, 15) is 9.59 Å². The zero-order valence-corrected chi connectivity index (χ0v) is 16.7. The van der Waals surface area contributed by atoms with Crippen LogP contribution in [0.4, 0.5) is 0 Å². The number of thiophene rings is 1. The molecule has 6 heteroatoms. The Morgan fingerprint density at radius 2 is 2.04 bits per heavy atom. The van der Waals surface area contributed by atoms with Crippen molar-refractivity contribution in [1.29, 1.82) is 0 Å². The topological polar surface area (TPSA) is 52.7 Å². The summed E-state index contributed by atoms with van der Waals surface area (Å²) in [6, 6.07) is 2.14. The summed E-state index contributed by atoms with van der Waals surface area (Å²) in [5.41, 5.74) is 1.31. The second-order valence-electron chi connectivity index (χ2n) is 7.48. The first-order valence-electron chi connectivity index (χ1n) is 10.0. The highest BCUT2D eigenvalue weighted by atomic mass is 32.1. The maximum Gasteiger partial charge on any atom is 0.237 e. The van der Waals surface area contributed by atoms with Gasteiger partial charge < -0.3 is 10.2 Å². The van der Waals surface area contributed by atoms with Gasteiger partial charge in [-0.1, -0.05) is 19.8 Å². The molecule has 3 heterocycles. The number of carbonyl (C=O) groups is 2. The zero-order valence-electron chi connectivity index (χ0n) is 15.8. The van der Waals surface area contributed by atoms with Crippen LogP contribution in [0, 0.1) is 5.92 Å². The normalized spacial score (nSPS) is 18.6. The van der Waals surface area contributed by atoms with Crippen molar-refractivity contribution in [3.63, 3.8) is 0 Å². The quantitative estimate of drug-likeness (QED) is 0.743. The van der Waals surface area contributed by atoms with E-state index in [2.05, 4.69) is 28.6 Å². The van der Waals surface area contributed by atoms with Crippen molar-refractivity contribution in [2.45, 2.75) is 52.0 Å². The third kappa shape index (κ3) is 5.07. The average molecular weight is 378 g/mol. The van der Waals surface area contributed by atoms with Crippen LogP contribution in [0.3, 0.4) is 0 Å². The second-order valence-corrected chi connectivity index (χ2v) is 8.48. The van der Waals surface area contributed by atoms with Crippen molar-refractivity contribution >= 4 is 23.2 Å². The maximum atomic E-state index is 12.6. The molecule has 144 valence electrons. The predicted molar refractivity (Wildman–Crippen MR) is 105 cm³/mol. The molecule has 0 saturated carbocycles. The third-order valence-corrected chi connectivity index (χ3v) is 6.58. The maximum absolute atomic E-state index is 12.6. The zero-order chi connectivity index (χ0) is 18.4. The number of unbranched alkanes of at least 4 members (excludes halogenated alkanes) is 2. The van der Waals surface area contributed by atoms with Crippen LogP contribution >= 0.6 is 11.3 Å². The van der Waals surface area contributed by atoms with Crippen LogP contribution in [0.15, 0.2) is 11.4 Å². The lowest BCUT2D eigenvalue weighted by Gasteiger charge is -2.33. The van der Waals surface area contributed by atoms with E-state index in [-0.39, 0.29) is 17.7 Å². The van der Waals surface area contributed by atoms with Gasteiger partial charge in [0.05, 0.1) is 6.54 Å². The van der Waals surface area contributed by atoms with Gasteiger partial charge in [0.25, 0.3) is 0 Å². The van der Waals surface area contributed by atoms with E-state index in [1.165, 1.54) is 23.3 Å². The van der Waals surface area contributed by atoms with Crippen LogP contribution < -0.4 is 5.32 Å². The van der Waals surface area contributed by atoms with Crippen molar-refractivity contribution in [2.75, 3.05) is 32.7 Å². The van der Waals surface area contributed by atoms with Gasteiger partial charge in [-0.15, -0.1) is 11.3 Å². The fourth-order valence-electron chi connectivity index (χ4n) is 3.84. The molecule has 0 spiro atoms. The molecule has 2 amide bonds. The van der Waals surface area contributed by atoms with E-state index in [0.29, 0.717) is 6.54 Å². The minimum absolute atomic E-state index is 0.117. The minimum atomic E-state index is 0.117. The molecule has 1 aromatic heterocycles. The standard InChI is InChI=1S/C20H31N3O2S/c1-2-3-4-9-21-20(25)16-5-10-22(11-6-16)15-19(24)23-12-7-18-17(14-23)8-13-26-18/h8,13,16H,2-7,9-12,14-15H2,1H3,(H,21,25). The molecule has 1 N–H and O–H groups in total. The highest BCUT2D eigenvalue weighted by Crippen LogP contribution is 2.24. The number of carbonyl (C=O) groups excluding carboxylic acids is 2. The number of nitrogens with zero attached hydrogens (tertiary/aromatic N) is 2. The van der Waals surface area contributed by atoms with E-state index in [1.54, 1.807) is 11.3 Å². The van der Waals surface area contributed by atoms with Crippen LogP contribution in [0.5, 0.6) is 0 Å². The van der Waals surface area contributed by atoms with Crippen LogP contribution in [0.2, 0.25) is 0 Å². The Balaban J connectivity index is 1.37. The Hall–Kier alpha value is -1.40. The lowest BCUT2D eigenvalue weighted by molar-refractivity contribution is -0.134. The van der Waals surface area contributed by atoms with Crippen LogP contribution in [0.1, 0.15) is 49.5 Å². The van der Waals surface area contributed by atoms with E-state index in [4.69, 9.17) is 0 Å². The van der Waals surface area contributed by atoms with Gasteiger partial charge in [0, 0.05) is 30.4 Å². The van der Waals surface area contributed by atoms with Gasteiger partial charge >= 0.3 is 0 Å². The summed E-state index contributed by atoms with van der Waals surface area (Å²) in [7, 11) is 0. The third-order valence-electron chi connectivity index (χ3n) is 5.56. The fourth-order valence-corrected chi connectivity index (χ4v) is 4.73. The van der Waals surface area contributed by atoms with Crippen molar-refractivity contribution in [3.8, 4) is 0 Å². The van der Waals surface area contributed by atoms with Crippen LogP contribution in [-0.4, -0.2) is 54.3 Å². The minimum Gasteiger partial charge on any atom is -0.356 e. The molecule has 2 aliphatic heterocycles. The first-order valence-corrected chi connectivity index (χ1v) is 10.9. The molecule has 3 rings (SSSR count). The Morgan fingerprint density at radius 1 is 1.23 bits per heavy atom. The number of fused-ring (bicyclic) bond motifs is 1. The summed E-state index contributed by atoms with van der Waals surface area (Å²) in [6.07, 6.45) is 6.12. The summed E-state index contributed by atoms with van der Waals surface area (Å²) >= 11 is 1.80. The molecular formula is C20H31N3O2S. The van der Waals surface area contributed by atoms with Crippen molar-refractivity contribution in [1.82, 2.24) is 15.1 Å². The van der Waals surface area contributed by atoms with Crippen molar-refractivity contribution in [2.24, 2.45) is 5.92 Å². The van der Waals surface area contributed by atoms with Gasteiger partial charge in [0.1, 0.15) is 0 Å². The van der Waals surface area contributed by atoms with E-state index < -0.39 is 0 Å². The van der Waals surface area contributed by atoms with Gasteiger partial charge in [0.15, 0.2) is 0 Å². The SMILES string of the molecule is CCCCCNC(=O)C1CCN(CC(=O)N2CCc3sccc3C2)CC1. The summed E-state index contributed by atoms with van der Waals surface area (Å²) in [4.78, 5) is 30.5. The second kappa shape index (κ2) is 9.51. The molecule has 0 aromatic carbocycles. The molecule has 0 aliphatic carbocycles. The van der Waals surface area contributed by atoms with E-state index in [1.807, 2.05) is 4.90 Å². The molecule has 26 heavy (non-hydrogen) atoms. The van der Waals surface area contributed by atoms with Crippen LogP contribution in [-0.2, 0) is 22.6 Å². The number of hydrogen-bond donors (Lipinski definition) is 1. The molecule has 1 saturated heterocycles. The van der Waals surface area contributed by atoms with Gasteiger partial charge in [-0.2, -0.15) is 0 Å². The smallest absolute Gasteiger partial charge is 0.237 e. The van der Waals surface area contributed by atoms with Crippen LogP contribution in [0.25, 0.3) is 0 Å². The number of nitrogens with one attached hydrogen (secondary N) is 1. The largest absolute Gasteiger partial charge is 0.356 e. The summed E-state index contributed by atoms with van der Waals surface area (Å²) in [6.45, 7) is 6.74. The highest BCUT2D eigenvalue weighted by molar-refractivity contribution is 7.10. The fraction of sp³-hybridized carbons (Fsp3) is 0.700. The van der Waals surface area contributed by atoms with Gasteiger partial charge in [-0.05, 0) is 55.8 Å². The molecule has 1 fully saturated rings. The highest BCUT2D eigenvalue weighted by Gasteiger charge is 2.28. The molecule has 2 aliphatic rings. The number of rotatable bonds is 7. The number of hydrogen-bond acceptors (Lipinski definition) is 4. The predicted octanol–water partition coefficient (Wildman–Crippen LogP) is 2.65. The van der Waals surface area contributed by atoms with E-state index in [0.717, 1.165) is 58.4 Å². The molecule has 0 unspecified atom stereocenters. The molecule has 1 aromatic rings. The summed E-state index contributed by atoms with van der Waals surface area (Å²) in [5.74, 6) is 0.545. The first kappa shape index (κ1) is 19.4. The van der Waals surface area contributed by atoms with Crippen molar-refractivity contribution < 1.29 is 9.59 Å². The molecule has 0 bridgehead atoms. The number of amides is 2. The Bertz CT molecular complexity index is 608.